The minimum absolute atomic E-state index is 0.232. The molecule has 0 N–H and O–H groups in total. The van der Waals surface area contributed by atoms with Crippen molar-refractivity contribution >= 4 is 0 Å². The van der Waals surface area contributed by atoms with E-state index in [1.165, 1.54) is 12.8 Å². The molecular weight excluding hydrogens is 177 g/mol. The standard InChI is InChI=1S/C12H16FN/c1-9(2)12(5-6-12)10-4-3-7-14-11(10)8-13/h3-4,7,9H,5-6,8H2,1-2H3. The van der Waals surface area contributed by atoms with Gasteiger partial charge in [-0.15, -0.1) is 0 Å². The zero-order valence-corrected chi connectivity index (χ0v) is 8.76. The van der Waals surface area contributed by atoms with Crippen molar-refractivity contribution in [3.8, 4) is 0 Å². The van der Waals surface area contributed by atoms with E-state index >= 15 is 0 Å². The van der Waals surface area contributed by atoms with Gasteiger partial charge >= 0.3 is 0 Å². The molecule has 1 saturated carbocycles. The van der Waals surface area contributed by atoms with Crippen molar-refractivity contribution in [3.05, 3.63) is 29.6 Å². The molecule has 1 heterocycles. The summed E-state index contributed by atoms with van der Waals surface area (Å²) >= 11 is 0. The van der Waals surface area contributed by atoms with Crippen LogP contribution < -0.4 is 0 Å². The van der Waals surface area contributed by atoms with Crippen LogP contribution in [0.2, 0.25) is 0 Å². The highest BCUT2D eigenvalue weighted by Gasteiger charge is 2.48. The second-order valence-electron chi connectivity index (χ2n) is 4.44. The SMILES string of the molecule is CC(C)C1(c2cccnc2CF)CC1. The van der Waals surface area contributed by atoms with Crippen LogP contribution in [0.15, 0.2) is 18.3 Å². The van der Waals surface area contributed by atoms with Gasteiger partial charge in [0.15, 0.2) is 0 Å². The number of pyridine rings is 1. The van der Waals surface area contributed by atoms with Crippen molar-refractivity contribution in [2.24, 2.45) is 5.92 Å². The van der Waals surface area contributed by atoms with Crippen molar-refractivity contribution in [1.29, 1.82) is 0 Å². The number of rotatable bonds is 3. The molecule has 0 atom stereocenters. The highest BCUT2D eigenvalue weighted by atomic mass is 19.1. The lowest BCUT2D eigenvalue weighted by Gasteiger charge is -2.21. The van der Waals surface area contributed by atoms with Crippen LogP contribution in [-0.4, -0.2) is 4.98 Å². The van der Waals surface area contributed by atoms with Crippen LogP contribution in [-0.2, 0) is 12.1 Å². The van der Waals surface area contributed by atoms with Crippen LogP contribution in [0.1, 0.15) is 37.9 Å². The quantitative estimate of drug-likeness (QED) is 0.718. The first-order valence-corrected chi connectivity index (χ1v) is 5.21. The van der Waals surface area contributed by atoms with E-state index in [-0.39, 0.29) is 5.41 Å². The van der Waals surface area contributed by atoms with Gasteiger partial charge in [-0.05, 0) is 35.8 Å². The molecule has 1 aliphatic rings. The summed E-state index contributed by atoms with van der Waals surface area (Å²) in [7, 11) is 0. The van der Waals surface area contributed by atoms with Gasteiger partial charge in [-0.2, -0.15) is 0 Å². The Kier molecular flexibility index (Phi) is 2.30. The minimum Gasteiger partial charge on any atom is -0.258 e. The summed E-state index contributed by atoms with van der Waals surface area (Å²) in [4.78, 5) is 4.11. The molecule has 0 radical (unpaired) electrons. The minimum atomic E-state index is -0.440. The maximum absolute atomic E-state index is 12.7. The van der Waals surface area contributed by atoms with E-state index in [9.17, 15) is 4.39 Å². The van der Waals surface area contributed by atoms with E-state index in [1.807, 2.05) is 12.1 Å². The number of alkyl halides is 1. The Labute approximate surface area is 84.4 Å². The molecule has 0 aromatic carbocycles. The first-order chi connectivity index (χ1) is 6.70. The summed E-state index contributed by atoms with van der Waals surface area (Å²) < 4.78 is 12.7. The molecule has 76 valence electrons. The number of hydrogen-bond acceptors (Lipinski definition) is 1. The van der Waals surface area contributed by atoms with Gasteiger partial charge in [-0.25, -0.2) is 4.39 Å². The third-order valence-electron chi connectivity index (χ3n) is 3.45. The van der Waals surface area contributed by atoms with Crippen molar-refractivity contribution in [3.63, 3.8) is 0 Å². The highest BCUT2D eigenvalue weighted by Crippen LogP contribution is 2.54. The largest absolute Gasteiger partial charge is 0.258 e. The molecule has 0 aliphatic heterocycles. The Bertz CT molecular complexity index is 329. The van der Waals surface area contributed by atoms with Gasteiger partial charge in [0.05, 0.1) is 5.69 Å². The van der Waals surface area contributed by atoms with Gasteiger partial charge in [0, 0.05) is 6.20 Å². The average molecular weight is 193 g/mol. The van der Waals surface area contributed by atoms with E-state index in [4.69, 9.17) is 0 Å². The van der Waals surface area contributed by atoms with E-state index in [1.54, 1.807) is 6.20 Å². The average Bonchev–Trinajstić information content (AvgIpc) is 2.98. The molecular formula is C12H16FN. The predicted octanol–water partition coefficient (Wildman–Crippen LogP) is 3.24. The molecule has 1 fully saturated rings. The zero-order valence-electron chi connectivity index (χ0n) is 8.76. The maximum Gasteiger partial charge on any atom is 0.132 e. The van der Waals surface area contributed by atoms with Crippen molar-refractivity contribution in [2.75, 3.05) is 0 Å². The fraction of sp³-hybridized carbons (Fsp3) is 0.583. The maximum atomic E-state index is 12.7. The number of aromatic nitrogens is 1. The first kappa shape index (κ1) is 9.63. The molecule has 1 aromatic heterocycles. The van der Waals surface area contributed by atoms with Crippen LogP contribution in [0, 0.1) is 5.92 Å². The topological polar surface area (TPSA) is 12.9 Å². The van der Waals surface area contributed by atoms with Gasteiger partial charge < -0.3 is 0 Å². The highest BCUT2D eigenvalue weighted by molar-refractivity contribution is 5.35. The third kappa shape index (κ3) is 1.33. The molecule has 1 aliphatic carbocycles. The molecule has 14 heavy (non-hydrogen) atoms. The van der Waals surface area contributed by atoms with Crippen LogP contribution in [0.3, 0.4) is 0 Å². The fourth-order valence-electron chi connectivity index (χ4n) is 2.29. The predicted molar refractivity (Wildman–Crippen MR) is 54.8 cm³/mol. The van der Waals surface area contributed by atoms with Crippen LogP contribution >= 0.6 is 0 Å². The van der Waals surface area contributed by atoms with Crippen LogP contribution in [0.4, 0.5) is 4.39 Å². The number of halogens is 1. The van der Waals surface area contributed by atoms with E-state index < -0.39 is 6.67 Å². The Morgan fingerprint density at radius 1 is 1.50 bits per heavy atom. The summed E-state index contributed by atoms with van der Waals surface area (Å²) in [5.41, 5.74) is 2.01. The van der Waals surface area contributed by atoms with Crippen molar-refractivity contribution in [1.82, 2.24) is 4.98 Å². The van der Waals surface area contributed by atoms with Gasteiger partial charge in [-0.3, -0.25) is 4.98 Å². The molecule has 0 amide bonds. The second-order valence-corrected chi connectivity index (χ2v) is 4.44. The molecule has 0 bridgehead atoms. The lowest BCUT2D eigenvalue weighted by Crippen LogP contribution is -2.17. The van der Waals surface area contributed by atoms with Crippen LogP contribution in [0.5, 0.6) is 0 Å². The van der Waals surface area contributed by atoms with E-state index in [2.05, 4.69) is 18.8 Å². The third-order valence-corrected chi connectivity index (χ3v) is 3.45. The van der Waals surface area contributed by atoms with Crippen molar-refractivity contribution < 1.29 is 4.39 Å². The summed E-state index contributed by atoms with van der Waals surface area (Å²) in [5.74, 6) is 0.581. The van der Waals surface area contributed by atoms with Gasteiger partial charge in [0.1, 0.15) is 6.67 Å². The molecule has 1 nitrogen and oxygen atoms in total. The molecule has 0 saturated heterocycles. The molecule has 2 heteroatoms. The smallest absolute Gasteiger partial charge is 0.132 e. The Morgan fingerprint density at radius 2 is 2.21 bits per heavy atom. The normalized spacial score (nSPS) is 18.6. The zero-order chi connectivity index (χ0) is 10.2. The summed E-state index contributed by atoms with van der Waals surface area (Å²) in [5, 5.41) is 0. The lowest BCUT2D eigenvalue weighted by molar-refractivity contribution is 0.441. The summed E-state index contributed by atoms with van der Waals surface area (Å²) in [6.07, 6.45) is 4.04. The molecule has 1 aromatic rings. The van der Waals surface area contributed by atoms with E-state index in [0.717, 1.165) is 5.56 Å². The summed E-state index contributed by atoms with van der Waals surface area (Å²) in [6.45, 7) is 3.98. The lowest BCUT2D eigenvalue weighted by atomic mass is 9.84. The van der Waals surface area contributed by atoms with Gasteiger partial charge in [0.2, 0.25) is 0 Å². The molecule has 0 spiro atoms. The van der Waals surface area contributed by atoms with Gasteiger partial charge in [0.25, 0.3) is 0 Å². The molecule has 0 unspecified atom stereocenters. The monoisotopic (exact) mass is 193 g/mol. The second kappa shape index (κ2) is 3.34. The fourth-order valence-corrected chi connectivity index (χ4v) is 2.29. The van der Waals surface area contributed by atoms with Gasteiger partial charge in [-0.1, -0.05) is 19.9 Å². The van der Waals surface area contributed by atoms with E-state index in [0.29, 0.717) is 11.6 Å². The number of hydrogen-bond donors (Lipinski definition) is 0. The Balaban J connectivity index is 2.41. The first-order valence-electron chi connectivity index (χ1n) is 5.21. The summed E-state index contributed by atoms with van der Waals surface area (Å²) in [6, 6.07) is 3.95. The van der Waals surface area contributed by atoms with Crippen LogP contribution in [0.25, 0.3) is 0 Å². The Morgan fingerprint density at radius 3 is 2.71 bits per heavy atom. The number of nitrogens with zero attached hydrogens (tertiary/aromatic N) is 1. The van der Waals surface area contributed by atoms with Crippen molar-refractivity contribution in [2.45, 2.75) is 38.8 Å². The Hall–Kier alpha value is -0.920. The molecule has 2 rings (SSSR count).